The van der Waals surface area contributed by atoms with Crippen LogP contribution >= 0.6 is 0 Å². The Hall–Kier alpha value is 0.846. The Kier molecular flexibility index (Phi) is 23.9. The molecule has 2 nitrogen and oxygen atoms in total. The second-order valence-corrected chi connectivity index (χ2v) is 5.73. The zero-order valence-corrected chi connectivity index (χ0v) is 17.5. The average Bonchev–Trinajstić information content (AvgIpc) is 2.43. The molecular weight excluding hydrogens is 287 g/mol. The quantitative estimate of drug-likeness (QED) is 0.285. The Morgan fingerprint density at radius 2 is 1.24 bits per heavy atom. The Bertz CT molecular complexity index is 245. The van der Waals surface area contributed by atoms with Gasteiger partial charge in [0.1, 0.15) is 0 Å². The third-order valence-electron chi connectivity index (χ3n) is 3.65. The van der Waals surface area contributed by atoms with Crippen LogP contribution in [0.25, 0.3) is 0 Å². The van der Waals surface area contributed by atoms with Gasteiger partial charge < -0.3 is 6.53 Å². The molecule has 0 fully saturated rings. The average molecular weight is 323 g/mol. The molecule has 0 radical (unpaired) electrons. The first-order valence-corrected chi connectivity index (χ1v) is 8.64. The second-order valence-electron chi connectivity index (χ2n) is 5.73. The van der Waals surface area contributed by atoms with Crippen LogP contribution in [0.4, 0.5) is 0 Å². The van der Waals surface area contributed by atoms with E-state index in [0.29, 0.717) is 6.42 Å². The minimum Gasteiger partial charge on any atom is -1.00 e. The van der Waals surface area contributed by atoms with Crippen LogP contribution < -0.4 is 51.4 Å². The summed E-state index contributed by atoms with van der Waals surface area (Å²) in [5.41, 5.74) is 0. The van der Waals surface area contributed by atoms with Gasteiger partial charge in [-0.15, -0.1) is 0 Å². The summed E-state index contributed by atoms with van der Waals surface area (Å²) < 4.78 is 0. The van der Waals surface area contributed by atoms with E-state index in [2.05, 4.69) is 19.1 Å². The largest absolute Gasteiger partial charge is 1.00 e. The van der Waals surface area contributed by atoms with Gasteiger partial charge in [-0.3, -0.25) is 4.79 Å². The van der Waals surface area contributed by atoms with Crippen molar-refractivity contribution >= 4 is 5.97 Å². The second kappa shape index (κ2) is 20.8. The molecule has 0 aliphatic rings. The molecule has 0 atom stereocenters. The minimum absolute atomic E-state index is 0. The van der Waals surface area contributed by atoms with Crippen molar-refractivity contribution in [2.45, 2.75) is 96.8 Å². The molecule has 0 rings (SSSR count). The summed E-state index contributed by atoms with van der Waals surface area (Å²) >= 11 is 0. The monoisotopic (exact) mass is 322 g/mol. The zero-order chi connectivity index (χ0) is 14.9. The summed E-state index contributed by atoms with van der Waals surface area (Å²) in [5.74, 6) is -0.659. The molecule has 0 spiro atoms. The van der Waals surface area contributed by atoms with Crippen LogP contribution in [0.3, 0.4) is 0 Å². The molecule has 3 heteroatoms. The van der Waals surface area contributed by atoms with E-state index >= 15 is 0 Å². The molecule has 21 heavy (non-hydrogen) atoms. The van der Waals surface area contributed by atoms with Gasteiger partial charge >= 0.3 is 57.4 Å². The third kappa shape index (κ3) is 23.2. The Balaban J connectivity index is -0.00000180. The number of rotatable bonds is 15. The van der Waals surface area contributed by atoms with E-state index in [1.807, 2.05) is 0 Å². The molecule has 120 valence electrons. The third-order valence-corrected chi connectivity index (χ3v) is 3.65. The molecule has 0 aromatic carbocycles. The number of carbonyl (C=O) groups is 1. The molecular formula is C18H35KO2. The maximum atomic E-state index is 10.3. The topological polar surface area (TPSA) is 37.3 Å². The summed E-state index contributed by atoms with van der Waals surface area (Å²) in [7, 11) is 0. The van der Waals surface area contributed by atoms with Crippen LogP contribution in [-0.2, 0) is 4.79 Å². The number of carboxylic acids is 1. The van der Waals surface area contributed by atoms with E-state index in [1.165, 1.54) is 70.6 Å². The molecule has 0 saturated heterocycles. The predicted molar refractivity (Wildman–Crippen MR) is 88.2 cm³/mol. The predicted octanol–water partition coefficient (Wildman–Crippen LogP) is 3.23. The number of allylic oxidation sites excluding steroid dienone is 2. The van der Waals surface area contributed by atoms with E-state index in [4.69, 9.17) is 5.11 Å². The summed E-state index contributed by atoms with van der Waals surface area (Å²) in [4.78, 5) is 10.3. The van der Waals surface area contributed by atoms with Crippen molar-refractivity contribution in [1.82, 2.24) is 0 Å². The summed E-state index contributed by atoms with van der Waals surface area (Å²) in [5, 5.41) is 8.51. The smallest absolute Gasteiger partial charge is 1.00 e. The van der Waals surface area contributed by atoms with Gasteiger partial charge in [0.2, 0.25) is 0 Å². The van der Waals surface area contributed by atoms with Crippen molar-refractivity contribution in [1.29, 1.82) is 0 Å². The Morgan fingerprint density at radius 1 is 0.810 bits per heavy atom. The van der Waals surface area contributed by atoms with E-state index in [9.17, 15) is 4.79 Å². The van der Waals surface area contributed by atoms with Crippen LogP contribution in [-0.4, -0.2) is 11.1 Å². The standard InChI is InChI=1S/C18H34O2.K.H/c1-2-3-4-5-6-7-8-9-10-11-12-13-14-15-16-17-18(19)20;;/h5-6H,2-4,7-17H2,1H3,(H,19,20);;/q;+1;-1/b6-5-;;. The minimum atomic E-state index is -0.659. The van der Waals surface area contributed by atoms with Gasteiger partial charge in [-0.25, -0.2) is 0 Å². The van der Waals surface area contributed by atoms with Crippen LogP contribution in [0.15, 0.2) is 12.2 Å². The molecule has 0 aromatic heterocycles. The number of unbranched alkanes of at least 4 members (excludes halogenated alkanes) is 11. The first-order valence-electron chi connectivity index (χ1n) is 8.64. The van der Waals surface area contributed by atoms with Crippen molar-refractivity contribution in [2.75, 3.05) is 0 Å². The van der Waals surface area contributed by atoms with E-state index in [0.717, 1.165) is 12.8 Å². The first kappa shape index (κ1) is 24.1. The van der Waals surface area contributed by atoms with Crippen molar-refractivity contribution in [3.05, 3.63) is 12.2 Å². The normalized spacial score (nSPS) is 10.7. The molecule has 0 aliphatic carbocycles. The van der Waals surface area contributed by atoms with E-state index in [-0.39, 0.29) is 52.8 Å². The Labute approximate surface area is 176 Å². The summed E-state index contributed by atoms with van der Waals surface area (Å²) in [6, 6.07) is 0. The van der Waals surface area contributed by atoms with Gasteiger partial charge in [0.05, 0.1) is 0 Å². The number of aliphatic carboxylic acids is 1. The van der Waals surface area contributed by atoms with Crippen LogP contribution in [0.2, 0.25) is 0 Å². The first-order chi connectivity index (χ1) is 9.77. The number of carboxylic acid groups (broad SMARTS) is 1. The fourth-order valence-electron chi connectivity index (χ4n) is 2.33. The molecule has 0 aromatic rings. The van der Waals surface area contributed by atoms with Gasteiger partial charge in [0.15, 0.2) is 0 Å². The van der Waals surface area contributed by atoms with Crippen molar-refractivity contribution in [2.24, 2.45) is 0 Å². The number of hydrogen-bond acceptors (Lipinski definition) is 1. The molecule has 0 unspecified atom stereocenters. The number of hydrogen-bond donors (Lipinski definition) is 1. The summed E-state index contributed by atoms with van der Waals surface area (Å²) in [6.45, 7) is 2.24. The van der Waals surface area contributed by atoms with Crippen LogP contribution in [0.5, 0.6) is 0 Å². The maximum absolute atomic E-state index is 10.3. The van der Waals surface area contributed by atoms with Gasteiger partial charge in [-0.2, -0.15) is 0 Å². The molecule has 0 heterocycles. The fourth-order valence-corrected chi connectivity index (χ4v) is 2.33. The molecule has 0 saturated carbocycles. The molecule has 0 aliphatic heterocycles. The molecule has 0 bridgehead atoms. The van der Waals surface area contributed by atoms with Crippen molar-refractivity contribution < 1.29 is 62.7 Å². The molecule has 1 N–H and O–H groups in total. The zero-order valence-electron chi connectivity index (χ0n) is 15.4. The van der Waals surface area contributed by atoms with Crippen LogP contribution in [0.1, 0.15) is 98.2 Å². The van der Waals surface area contributed by atoms with E-state index < -0.39 is 5.97 Å². The van der Waals surface area contributed by atoms with Gasteiger partial charge in [0.25, 0.3) is 0 Å². The van der Waals surface area contributed by atoms with Gasteiger partial charge in [-0.1, -0.05) is 76.9 Å². The van der Waals surface area contributed by atoms with Crippen LogP contribution in [0, 0.1) is 0 Å². The van der Waals surface area contributed by atoms with Crippen molar-refractivity contribution in [3.63, 3.8) is 0 Å². The Morgan fingerprint density at radius 3 is 1.71 bits per heavy atom. The van der Waals surface area contributed by atoms with Gasteiger partial charge in [0, 0.05) is 6.42 Å². The SMILES string of the molecule is CCCC/C=C\CCCCCCCCCCCC(=O)O.[H-].[K+]. The molecule has 0 amide bonds. The fraction of sp³-hybridized carbons (Fsp3) is 0.833. The maximum Gasteiger partial charge on any atom is 1.00 e. The van der Waals surface area contributed by atoms with Crippen molar-refractivity contribution in [3.8, 4) is 0 Å². The van der Waals surface area contributed by atoms with Gasteiger partial charge in [-0.05, 0) is 25.7 Å². The summed E-state index contributed by atoms with van der Waals surface area (Å²) in [6.07, 6.45) is 21.2. The van der Waals surface area contributed by atoms with E-state index in [1.54, 1.807) is 0 Å².